The Bertz CT molecular complexity index is 325. The summed E-state index contributed by atoms with van der Waals surface area (Å²) in [6.07, 6.45) is 1.93. The summed E-state index contributed by atoms with van der Waals surface area (Å²) in [6, 6.07) is -0.201. The Hall–Kier alpha value is -0.900. The van der Waals surface area contributed by atoms with Crippen LogP contribution >= 0.6 is 0 Å². The van der Waals surface area contributed by atoms with Crippen molar-refractivity contribution in [2.75, 3.05) is 0 Å². The van der Waals surface area contributed by atoms with E-state index in [9.17, 15) is 0 Å². The van der Waals surface area contributed by atoms with E-state index in [0.717, 1.165) is 18.7 Å². The van der Waals surface area contributed by atoms with Crippen molar-refractivity contribution in [1.82, 2.24) is 10.1 Å². The molecule has 0 saturated carbocycles. The molecule has 1 atom stereocenters. The number of nitrogens with two attached hydrogens (primary N) is 1. The third kappa shape index (κ3) is 3.59. The van der Waals surface area contributed by atoms with Gasteiger partial charge in [-0.15, -0.1) is 0 Å². The average molecular weight is 225 g/mol. The molecule has 4 nitrogen and oxygen atoms in total. The van der Waals surface area contributed by atoms with Crippen molar-refractivity contribution in [1.29, 1.82) is 0 Å². The molecular formula is C12H23N3O. The van der Waals surface area contributed by atoms with Crippen LogP contribution in [0.3, 0.4) is 0 Å². The molecule has 0 bridgehead atoms. The lowest BCUT2D eigenvalue weighted by molar-refractivity contribution is 0.252. The summed E-state index contributed by atoms with van der Waals surface area (Å²) >= 11 is 0. The third-order valence-corrected chi connectivity index (χ3v) is 2.63. The lowest BCUT2D eigenvalue weighted by atomic mass is 9.87. The number of hydrogen-bond donors (Lipinski definition) is 1. The van der Waals surface area contributed by atoms with Crippen molar-refractivity contribution in [3.63, 3.8) is 0 Å². The summed E-state index contributed by atoms with van der Waals surface area (Å²) < 4.78 is 5.20. The minimum absolute atomic E-state index is 0.0537. The Kier molecular flexibility index (Phi) is 4.08. The third-order valence-electron chi connectivity index (χ3n) is 2.63. The molecule has 1 aromatic heterocycles. The first-order valence-corrected chi connectivity index (χ1v) is 5.88. The van der Waals surface area contributed by atoms with Crippen LogP contribution in [0.25, 0.3) is 0 Å². The molecule has 0 saturated heterocycles. The van der Waals surface area contributed by atoms with E-state index in [0.29, 0.717) is 11.8 Å². The molecule has 0 aromatic carbocycles. The maximum atomic E-state index is 6.05. The molecule has 0 amide bonds. The number of nitrogens with zero attached hydrogens (tertiary/aromatic N) is 2. The standard InChI is InChI=1S/C12H23N3O/c1-8(2)6-7-9-14-11(16-15-9)10(13)12(3,4)5/h8,10H,6-7,13H2,1-5H3/t10-/m1/s1. The summed E-state index contributed by atoms with van der Waals surface area (Å²) in [5, 5.41) is 3.96. The van der Waals surface area contributed by atoms with Gasteiger partial charge in [0.15, 0.2) is 5.82 Å². The molecule has 0 aliphatic rings. The predicted octanol–water partition coefficient (Wildman–Crippen LogP) is 2.70. The van der Waals surface area contributed by atoms with Gasteiger partial charge in [-0.2, -0.15) is 4.98 Å². The highest BCUT2D eigenvalue weighted by atomic mass is 16.5. The van der Waals surface area contributed by atoms with Gasteiger partial charge in [-0.1, -0.05) is 39.8 Å². The highest BCUT2D eigenvalue weighted by Crippen LogP contribution is 2.29. The molecule has 16 heavy (non-hydrogen) atoms. The fourth-order valence-electron chi connectivity index (χ4n) is 1.28. The average Bonchev–Trinajstić information content (AvgIpc) is 2.60. The van der Waals surface area contributed by atoms with E-state index in [-0.39, 0.29) is 11.5 Å². The van der Waals surface area contributed by atoms with Crippen LogP contribution in [-0.2, 0) is 6.42 Å². The van der Waals surface area contributed by atoms with Gasteiger partial charge in [0.05, 0.1) is 6.04 Å². The summed E-state index contributed by atoms with van der Waals surface area (Å²) in [7, 11) is 0. The van der Waals surface area contributed by atoms with Crippen LogP contribution in [0.5, 0.6) is 0 Å². The van der Waals surface area contributed by atoms with Crippen LogP contribution in [0.2, 0.25) is 0 Å². The van der Waals surface area contributed by atoms with E-state index in [4.69, 9.17) is 10.3 Å². The molecule has 0 aliphatic heterocycles. The minimum atomic E-state index is -0.201. The zero-order chi connectivity index (χ0) is 12.3. The van der Waals surface area contributed by atoms with Crippen LogP contribution in [0.1, 0.15) is 58.8 Å². The second-order valence-corrected chi connectivity index (χ2v) is 5.83. The molecule has 1 heterocycles. The van der Waals surface area contributed by atoms with Gasteiger partial charge in [-0.05, 0) is 17.8 Å². The quantitative estimate of drug-likeness (QED) is 0.855. The van der Waals surface area contributed by atoms with E-state index in [1.807, 2.05) is 0 Å². The van der Waals surface area contributed by atoms with E-state index < -0.39 is 0 Å². The van der Waals surface area contributed by atoms with Gasteiger partial charge in [-0.25, -0.2) is 0 Å². The van der Waals surface area contributed by atoms with E-state index in [2.05, 4.69) is 44.8 Å². The number of aromatic nitrogens is 2. The van der Waals surface area contributed by atoms with Crippen molar-refractivity contribution in [2.45, 2.75) is 53.5 Å². The van der Waals surface area contributed by atoms with Crippen LogP contribution in [0.15, 0.2) is 4.52 Å². The van der Waals surface area contributed by atoms with Crippen molar-refractivity contribution < 1.29 is 4.52 Å². The van der Waals surface area contributed by atoms with Gasteiger partial charge < -0.3 is 10.3 Å². The summed E-state index contributed by atoms with van der Waals surface area (Å²) in [4.78, 5) is 4.35. The molecule has 0 radical (unpaired) electrons. The molecule has 92 valence electrons. The van der Waals surface area contributed by atoms with Gasteiger partial charge >= 0.3 is 0 Å². The first-order valence-electron chi connectivity index (χ1n) is 5.88. The largest absolute Gasteiger partial charge is 0.338 e. The molecule has 4 heteroatoms. The van der Waals surface area contributed by atoms with E-state index in [1.54, 1.807) is 0 Å². The number of aryl methyl sites for hydroxylation is 1. The fourth-order valence-corrected chi connectivity index (χ4v) is 1.28. The zero-order valence-corrected chi connectivity index (χ0v) is 10.9. The van der Waals surface area contributed by atoms with Crippen molar-refractivity contribution in [3.8, 4) is 0 Å². The van der Waals surface area contributed by atoms with Crippen LogP contribution < -0.4 is 5.73 Å². The van der Waals surface area contributed by atoms with Crippen molar-refractivity contribution >= 4 is 0 Å². The van der Waals surface area contributed by atoms with Gasteiger partial charge in [0.1, 0.15) is 0 Å². The van der Waals surface area contributed by atoms with Gasteiger partial charge in [0, 0.05) is 6.42 Å². The topological polar surface area (TPSA) is 64.9 Å². The van der Waals surface area contributed by atoms with Gasteiger partial charge in [0.2, 0.25) is 5.89 Å². The lowest BCUT2D eigenvalue weighted by Gasteiger charge is -2.23. The summed E-state index contributed by atoms with van der Waals surface area (Å²) in [6.45, 7) is 10.6. The maximum Gasteiger partial charge on any atom is 0.244 e. The lowest BCUT2D eigenvalue weighted by Crippen LogP contribution is -2.26. The molecular weight excluding hydrogens is 202 g/mol. The first kappa shape index (κ1) is 13.2. The van der Waals surface area contributed by atoms with Gasteiger partial charge in [0.25, 0.3) is 0 Å². The normalized spacial score (nSPS) is 14.4. The summed E-state index contributed by atoms with van der Waals surface area (Å²) in [5.41, 5.74) is 5.99. The highest BCUT2D eigenvalue weighted by molar-refractivity contribution is 4.96. The predicted molar refractivity (Wildman–Crippen MR) is 63.8 cm³/mol. The molecule has 0 fully saturated rings. The smallest absolute Gasteiger partial charge is 0.244 e. The van der Waals surface area contributed by atoms with Crippen molar-refractivity contribution in [2.24, 2.45) is 17.1 Å². The second-order valence-electron chi connectivity index (χ2n) is 5.83. The van der Waals surface area contributed by atoms with Gasteiger partial charge in [-0.3, -0.25) is 0 Å². The van der Waals surface area contributed by atoms with E-state index >= 15 is 0 Å². The number of rotatable bonds is 4. The maximum absolute atomic E-state index is 6.05. The molecule has 1 rings (SSSR count). The second kappa shape index (κ2) is 4.95. The molecule has 0 spiro atoms. The minimum Gasteiger partial charge on any atom is -0.338 e. The van der Waals surface area contributed by atoms with Crippen LogP contribution in [0, 0.1) is 11.3 Å². The van der Waals surface area contributed by atoms with Crippen LogP contribution in [0.4, 0.5) is 0 Å². The molecule has 0 aliphatic carbocycles. The Morgan fingerprint density at radius 1 is 1.31 bits per heavy atom. The number of hydrogen-bond acceptors (Lipinski definition) is 4. The first-order chi connectivity index (χ1) is 7.30. The summed E-state index contributed by atoms with van der Waals surface area (Å²) in [5.74, 6) is 1.97. The molecule has 1 aromatic rings. The highest BCUT2D eigenvalue weighted by Gasteiger charge is 2.27. The fraction of sp³-hybridized carbons (Fsp3) is 0.833. The monoisotopic (exact) mass is 225 g/mol. The Morgan fingerprint density at radius 3 is 2.44 bits per heavy atom. The Labute approximate surface area is 97.6 Å². The Balaban J connectivity index is 2.64. The zero-order valence-electron chi connectivity index (χ0n) is 10.9. The SMILES string of the molecule is CC(C)CCc1noc([C@@H](N)C(C)(C)C)n1. The van der Waals surface area contributed by atoms with Crippen molar-refractivity contribution in [3.05, 3.63) is 11.7 Å². The molecule has 2 N–H and O–H groups in total. The van der Waals surface area contributed by atoms with Crippen LogP contribution in [-0.4, -0.2) is 10.1 Å². The Morgan fingerprint density at radius 2 is 1.94 bits per heavy atom. The van der Waals surface area contributed by atoms with E-state index in [1.165, 1.54) is 0 Å². The molecule has 0 unspecified atom stereocenters.